The number of hydrogen-bond donors (Lipinski definition) is 2. The summed E-state index contributed by atoms with van der Waals surface area (Å²) in [6.45, 7) is 12.2. The molecular formula is C60H68BrFK2N14O9S2. The predicted octanol–water partition coefficient (Wildman–Crippen LogP) is 1.56. The molecule has 2 atom stereocenters. The Morgan fingerprint density at radius 1 is 0.652 bits per heavy atom. The molecule has 0 spiro atoms. The van der Waals surface area contributed by atoms with Crippen LogP contribution in [-0.2, 0) is 62.6 Å². The fourth-order valence-corrected chi connectivity index (χ4v) is 10.6. The molecule has 10 heterocycles. The van der Waals surface area contributed by atoms with E-state index in [2.05, 4.69) is 91.8 Å². The normalized spacial score (nSPS) is 13.5. The van der Waals surface area contributed by atoms with E-state index in [1.54, 1.807) is 0 Å². The van der Waals surface area contributed by atoms with E-state index in [-0.39, 0.29) is 153 Å². The largest absolute Gasteiger partial charge is 1.00 e. The fourth-order valence-electron chi connectivity index (χ4n) is 8.72. The van der Waals surface area contributed by atoms with Gasteiger partial charge in [-0.25, -0.2) is 0 Å². The van der Waals surface area contributed by atoms with Gasteiger partial charge in [-0.15, -0.1) is 20.4 Å². The van der Waals surface area contributed by atoms with Crippen LogP contribution in [-0.4, -0.2) is 135 Å². The summed E-state index contributed by atoms with van der Waals surface area (Å²) in [7, 11) is -1.00. The second kappa shape index (κ2) is 42.9. The van der Waals surface area contributed by atoms with Gasteiger partial charge in [-0.1, -0.05) is 46.9 Å². The third kappa shape index (κ3) is 29.4. The molecular weight excluding hydrogens is 1300 g/mol. The number of carboxylic acid groups (broad SMARTS) is 1. The molecule has 2 N–H and O–H groups in total. The molecule has 29 heteroatoms. The molecule has 460 valence electrons. The number of Topliss-reactive ketones (excluding diaryl/α,β-unsaturated/α-hetero) is 4. The third-order valence-electron chi connectivity index (χ3n) is 12.7. The van der Waals surface area contributed by atoms with Gasteiger partial charge < -0.3 is 26.9 Å². The molecule has 2 unspecified atom stereocenters. The number of nitrogens with zero attached hydrogens (tertiary/aromatic N) is 13. The molecule has 89 heavy (non-hydrogen) atoms. The number of aliphatic carboxylic acids is 1. The van der Waals surface area contributed by atoms with Crippen molar-refractivity contribution >= 4 is 79.3 Å². The number of alkyl halides is 1. The Morgan fingerprint density at radius 3 is 1.46 bits per heavy atom. The van der Waals surface area contributed by atoms with Crippen LogP contribution in [0.25, 0.3) is 0 Å². The van der Waals surface area contributed by atoms with Crippen molar-refractivity contribution < 1.29 is 154 Å². The van der Waals surface area contributed by atoms with Gasteiger partial charge in [0, 0.05) is 110 Å². The molecule has 0 aromatic carbocycles. The summed E-state index contributed by atoms with van der Waals surface area (Å²) < 4.78 is 16.1. The van der Waals surface area contributed by atoms with E-state index in [4.69, 9.17) is 21.3 Å². The standard InChI is InChI=1S/C28H29N7O2S.C17H20N4O.C11H10BrN3OS.C2H4O2.CH3F.CH2O3.2K.H/c1-18-5-3-7-21(29-18)10-12-26(37)27-33-34-28(38-27)35-14-13-20(17-35)25-11-9-23(31-32-25)16-24(36)15-22-8-4-6-19(2)30-22;1-12-3-2-4-14(19-12)9-16(22)10-15-5-6-17(21-20-15)13-7-8-18-11-13;1-7-3-2-4-8(13-7)5-6-9(16)10-14-15-11(12)17-10;1-2(3)4;1-2;2-1-4-3;;;/h3-9,11,20H,10,12-17H2,1-2H3;2-6,13,18H,7-11H2,1H3;2-4H,5-6H2,1H3;1H3,(H,3,4);1H3;1,3H;;;/q;;;;;;2*+1;-1/p-1/i;;;;1D;;;;. The number of aromatic nitrogens is 12. The second-order valence-electron chi connectivity index (χ2n) is 19.7. The van der Waals surface area contributed by atoms with Gasteiger partial charge in [0.1, 0.15) is 11.6 Å². The van der Waals surface area contributed by atoms with Crippen molar-refractivity contribution in [2.75, 3.05) is 38.2 Å². The van der Waals surface area contributed by atoms with Gasteiger partial charge in [0.2, 0.25) is 5.13 Å². The first-order valence-corrected chi connectivity index (χ1v) is 29.8. The number of ketones is 4. The van der Waals surface area contributed by atoms with E-state index in [1.165, 1.54) is 22.7 Å². The van der Waals surface area contributed by atoms with Crippen molar-refractivity contribution in [2.24, 2.45) is 0 Å². The average molecular weight is 1370 g/mol. The molecule has 0 saturated carbocycles. The summed E-state index contributed by atoms with van der Waals surface area (Å²) >= 11 is 5.78. The Hall–Kier alpha value is -5.10. The van der Waals surface area contributed by atoms with Crippen molar-refractivity contribution in [1.82, 2.24) is 66.0 Å². The van der Waals surface area contributed by atoms with E-state index in [9.17, 15) is 23.6 Å². The number of rotatable bonds is 20. The minimum atomic E-state index is -1.00. The quantitative estimate of drug-likeness (QED) is 0.0359. The Labute approximate surface area is 620 Å². The molecule has 2 aliphatic rings. The second-order valence-corrected chi connectivity index (χ2v) is 22.9. The van der Waals surface area contributed by atoms with Crippen LogP contribution in [0.3, 0.4) is 0 Å². The van der Waals surface area contributed by atoms with Crippen molar-refractivity contribution in [3.8, 4) is 0 Å². The summed E-state index contributed by atoms with van der Waals surface area (Å²) in [4.78, 5) is 89.0. The van der Waals surface area contributed by atoms with Crippen LogP contribution < -0.4 is 118 Å². The minimum Gasteiger partial charge on any atom is -1.00 e. The number of halogens is 2. The summed E-state index contributed by atoms with van der Waals surface area (Å²) in [5.41, 5.74) is 10.5. The fraction of sp³-hybridized carbons (Fsp3) is 0.367. The van der Waals surface area contributed by atoms with Crippen LogP contribution in [0.2, 0.25) is 0 Å². The van der Waals surface area contributed by atoms with Gasteiger partial charge in [0.05, 0.1) is 44.1 Å². The van der Waals surface area contributed by atoms with Crippen molar-refractivity contribution in [2.45, 2.75) is 111 Å². The Bertz CT molecular complexity index is 3530. The summed E-state index contributed by atoms with van der Waals surface area (Å²) in [5, 5.41) is 54.0. The number of carboxylic acids is 1. The topological polar surface area (TPSA) is 325 Å². The molecule has 0 radical (unpaired) electrons. The number of aryl methyl sites for hydroxylation is 6. The molecule has 2 aliphatic heterocycles. The molecule has 0 bridgehead atoms. The molecule has 10 rings (SSSR count). The first-order chi connectivity index (χ1) is 42.3. The maximum absolute atomic E-state index is 12.7. The zero-order chi connectivity index (χ0) is 63.8. The van der Waals surface area contributed by atoms with Gasteiger partial charge >= 0.3 is 103 Å². The van der Waals surface area contributed by atoms with Gasteiger partial charge in [-0.3, -0.25) is 53.1 Å². The molecule has 2 fully saturated rings. The van der Waals surface area contributed by atoms with E-state index in [0.29, 0.717) is 64.1 Å². The number of carbonyl (C=O) groups excluding carboxylic acids is 5. The van der Waals surface area contributed by atoms with Gasteiger partial charge in [0.15, 0.2) is 25.5 Å². The Morgan fingerprint density at radius 2 is 1.07 bits per heavy atom. The SMILES string of the molecule is CC(=O)O.Cc1cccc(CC(=O)Cc2ccc(C3CCNC3)nn2)n1.Cc1cccc(CCC(=O)c2nnc(Br)s2)n1.Cc1cccc(CCC(=O)c2nnc(N3CCC(c4ccc(CC(=O)Cc5cccc(C)n5)nn4)C3)s2)n1.O=CO[O-].[2H]CF.[H-].[K+].[K+]. The molecule has 2 saturated heterocycles. The van der Waals surface area contributed by atoms with Crippen LogP contribution in [0.15, 0.2) is 101 Å². The predicted molar refractivity (Wildman–Crippen MR) is 326 cm³/mol. The van der Waals surface area contributed by atoms with Crippen LogP contribution in [0.5, 0.6) is 0 Å². The number of carbonyl (C=O) groups is 6. The molecule has 0 amide bonds. The van der Waals surface area contributed by atoms with Gasteiger partial charge in [-0.05, 0) is 149 Å². The van der Waals surface area contributed by atoms with Crippen LogP contribution in [0.4, 0.5) is 9.52 Å². The van der Waals surface area contributed by atoms with Gasteiger partial charge in [0.25, 0.3) is 12.4 Å². The smallest absolute Gasteiger partial charge is 1.00 e. The minimum absolute atomic E-state index is 0. The van der Waals surface area contributed by atoms with Crippen LogP contribution in [0.1, 0.15) is 135 Å². The molecule has 8 aromatic rings. The molecule has 8 aromatic heterocycles. The summed E-state index contributed by atoms with van der Waals surface area (Å²) in [5.74, 6) is 0.00284. The van der Waals surface area contributed by atoms with Crippen molar-refractivity contribution in [3.63, 3.8) is 0 Å². The number of pyridine rings is 4. The van der Waals surface area contributed by atoms with Gasteiger partial charge in [-0.2, -0.15) is 20.4 Å². The summed E-state index contributed by atoms with van der Waals surface area (Å²) in [6, 6.07) is 30.8. The average Bonchev–Trinajstić information content (AvgIpc) is 1.91. The summed E-state index contributed by atoms with van der Waals surface area (Å²) in [6.07, 6.45) is 5.20. The first kappa shape index (κ1) is 76.4. The monoisotopic (exact) mass is 1370 g/mol. The van der Waals surface area contributed by atoms with E-state index >= 15 is 0 Å². The van der Waals surface area contributed by atoms with E-state index < -0.39 is 13.1 Å². The number of hydrogen-bond acceptors (Lipinski definition) is 24. The maximum Gasteiger partial charge on any atom is 1.00 e. The number of anilines is 1. The first-order valence-electron chi connectivity index (χ1n) is 28.1. The van der Waals surface area contributed by atoms with Crippen molar-refractivity contribution in [3.05, 3.63) is 179 Å². The van der Waals surface area contributed by atoms with E-state index in [0.717, 1.165) is 114 Å². The van der Waals surface area contributed by atoms with E-state index in [1.807, 2.05) is 125 Å². The van der Waals surface area contributed by atoms with Crippen LogP contribution >= 0.6 is 38.6 Å². The zero-order valence-electron chi connectivity index (χ0n) is 52.7. The molecule has 23 nitrogen and oxygen atoms in total. The number of nitrogens with one attached hydrogen (secondary N) is 1. The Balaban J connectivity index is 0.000000452. The third-order valence-corrected chi connectivity index (χ3v) is 15.1. The van der Waals surface area contributed by atoms with Crippen LogP contribution in [0, 0.1) is 27.7 Å². The molecule has 0 aliphatic carbocycles. The Kier molecular flexibility index (Phi) is 36.8. The zero-order valence-corrected chi connectivity index (χ0v) is 60.1. The maximum atomic E-state index is 12.7. The van der Waals surface area contributed by atoms with Crippen molar-refractivity contribution in [1.29, 1.82) is 0 Å².